The third-order valence-corrected chi connectivity index (χ3v) is 3.79. The van der Waals surface area contributed by atoms with Crippen LogP contribution < -0.4 is 5.32 Å². The third-order valence-electron chi connectivity index (χ3n) is 3.79. The molecule has 6 nitrogen and oxygen atoms in total. The first-order valence-electron chi connectivity index (χ1n) is 7.11. The number of anilines is 1. The Morgan fingerprint density at radius 1 is 1.27 bits per heavy atom. The molecule has 0 bridgehead atoms. The number of ether oxygens (including phenoxy) is 1. The lowest BCUT2D eigenvalue weighted by Crippen LogP contribution is -2.28. The maximum Gasteiger partial charge on any atom is 0.258 e. The molecule has 1 N–H and O–H groups in total. The molecule has 0 spiro atoms. The van der Waals surface area contributed by atoms with Gasteiger partial charge >= 0.3 is 0 Å². The van der Waals surface area contributed by atoms with Crippen LogP contribution in [-0.4, -0.2) is 27.1 Å². The lowest BCUT2D eigenvalue weighted by Gasteiger charge is -2.25. The predicted molar refractivity (Wildman–Crippen MR) is 80.5 cm³/mol. The van der Waals surface area contributed by atoms with E-state index in [4.69, 9.17) is 4.74 Å². The average Bonchev–Trinajstić information content (AvgIpc) is 3.02. The number of carbonyl (C=O) groups excluding carboxylic acids is 1. The van der Waals surface area contributed by atoms with Gasteiger partial charge in [0, 0.05) is 6.20 Å². The molecule has 3 aromatic rings. The van der Waals surface area contributed by atoms with Crippen LogP contribution in [0.2, 0.25) is 0 Å². The van der Waals surface area contributed by atoms with Crippen LogP contribution in [0.3, 0.4) is 0 Å². The van der Waals surface area contributed by atoms with E-state index < -0.39 is 6.10 Å². The minimum absolute atomic E-state index is 0.167. The lowest BCUT2D eigenvalue weighted by molar-refractivity contribution is -0.128. The Morgan fingerprint density at radius 3 is 3.14 bits per heavy atom. The van der Waals surface area contributed by atoms with Crippen LogP contribution in [0, 0.1) is 0 Å². The number of fused-ring (bicyclic) bond motifs is 2. The first-order valence-corrected chi connectivity index (χ1v) is 7.11. The monoisotopic (exact) mass is 294 g/mol. The lowest BCUT2D eigenvalue weighted by atomic mass is 9.97. The van der Waals surface area contributed by atoms with Crippen LogP contribution in [0.4, 0.5) is 5.69 Å². The topological polar surface area (TPSA) is 68.5 Å². The summed E-state index contributed by atoms with van der Waals surface area (Å²) in [5.41, 5.74) is 3.53. The SMILES string of the molecule is O=C(Nc1ccc2nncn2c1)C1OCCc2ccccc21. The van der Waals surface area contributed by atoms with Gasteiger partial charge in [-0.05, 0) is 29.7 Å². The number of nitrogens with one attached hydrogen (secondary N) is 1. The summed E-state index contributed by atoms with van der Waals surface area (Å²) in [5.74, 6) is -0.167. The second-order valence-corrected chi connectivity index (χ2v) is 5.20. The smallest absolute Gasteiger partial charge is 0.258 e. The van der Waals surface area contributed by atoms with Crippen molar-refractivity contribution in [2.24, 2.45) is 0 Å². The third kappa shape index (κ3) is 2.23. The fraction of sp³-hybridized carbons (Fsp3) is 0.188. The molecule has 0 aliphatic carbocycles. The average molecular weight is 294 g/mol. The Bertz CT molecular complexity index is 843. The van der Waals surface area contributed by atoms with Gasteiger partial charge in [0.15, 0.2) is 11.8 Å². The molecule has 6 heteroatoms. The molecule has 2 aromatic heterocycles. The van der Waals surface area contributed by atoms with E-state index in [0.29, 0.717) is 12.3 Å². The highest BCUT2D eigenvalue weighted by molar-refractivity contribution is 5.95. The Morgan fingerprint density at radius 2 is 2.18 bits per heavy atom. The first-order chi connectivity index (χ1) is 10.8. The molecule has 4 rings (SSSR count). The van der Waals surface area contributed by atoms with Crippen LogP contribution in [0.1, 0.15) is 17.2 Å². The van der Waals surface area contributed by atoms with Gasteiger partial charge in [0.2, 0.25) is 0 Å². The Hall–Kier alpha value is -2.73. The van der Waals surface area contributed by atoms with Crippen molar-refractivity contribution < 1.29 is 9.53 Å². The molecule has 1 aliphatic rings. The molecular weight excluding hydrogens is 280 g/mol. The number of pyridine rings is 1. The van der Waals surface area contributed by atoms with Crippen molar-refractivity contribution in [2.75, 3.05) is 11.9 Å². The van der Waals surface area contributed by atoms with Gasteiger partial charge in [-0.25, -0.2) is 0 Å². The summed E-state index contributed by atoms with van der Waals surface area (Å²) in [7, 11) is 0. The fourth-order valence-electron chi connectivity index (χ4n) is 2.72. The number of rotatable bonds is 2. The van der Waals surface area contributed by atoms with Crippen molar-refractivity contribution in [1.82, 2.24) is 14.6 Å². The zero-order valence-electron chi connectivity index (χ0n) is 11.8. The van der Waals surface area contributed by atoms with Crippen LogP contribution in [0.15, 0.2) is 48.9 Å². The highest BCUT2D eigenvalue weighted by atomic mass is 16.5. The summed E-state index contributed by atoms with van der Waals surface area (Å²) in [4.78, 5) is 12.5. The number of benzene rings is 1. The number of carbonyl (C=O) groups is 1. The Labute approximate surface area is 126 Å². The van der Waals surface area contributed by atoms with Gasteiger partial charge in [-0.1, -0.05) is 24.3 Å². The van der Waals surface area contributed by atoms with Crippen molar-refractivity contribution >= 4 is 17.2 Å². The first kappa shape index (κ1) is 13.0. The van der Waals surface area contributed by atoms with E-state index in [1.165, 1.54) is 5.56 Å². The molecule has 1 aromatic carbocycles. The fourth-order valence-corrected chi connectivity index (χ4v) is 2.72. The molecule has 3 heterocycles. The van der Waals surface area contributed by atoms with Gasteiger partial charge in [0.1, 0.15) is 6.33 Å². The van der Waals surface area contributed by atoms with E-state index in [1.807, 2.05) is 24.3 Å². The maximum absolute atomic E-state index is 12.5. The molecule has 1 unspecified atom stereocenters. The van der Waals surface area contributed by atoms with Crippen molar-refractivity contribution in [3.05, 3.63) is 60.0 Å². The molecule has 1 aliphatic heterocycles. The van der Waals surface area contributed by atoms with E-state index in [2.05, 4.69) is 15.5 Å². The molecule has 1 atom stereocenters. The van der Waals surface area contributed by atoms with Crippen LogP contribution in [-0.2, 0) is 16.0 Å². The maximum atomic E-state index is 12.5. The summed E-state index contributed by atoms with van der Waals surface area (Å²) >= 11 is 0. The van der Waals surface area contributed by atoms with Crippen molar-refractivity contribution in [2.45, 2.75) is 12.5 Å². The number of hydrogen-bond donors (Lipinski definition) is 1. The van der Waals surface area contributed by atoms with E-state index in [1.54, 1.807) is 29.1 Å². The molecule has 0 radical (unpaired) electrons. The van der Waals surface area contributed by atoms with E-state index in [0.717, 1.165) is 17.6 Å². The quantitative estimate of drug-likeness (QED) is 0.784. The molecule has 22 heavy (non-hydrogen) atoms. The summed E-state index contributed by atoms with van der Waals surface area (Å²) in [6.07, 6.45) is 3.65. The Kier molecular flexibility index (Phi) is 3.08. The number of nitrogens with zero attached hydrogens (tertiary/aromatic N) is 3. The van der Waals surface area contributed by atoms with Crippen molar-refractivity contribution in [3.8, 4) is 0 Å². The normalized spacial score (nSPS) is 17.2. The molecule has 0 saturated heterocycles. The minimum Gasteiger partial charge on any atom is -0.363 e. The van der Waals surface area contributed by atoms with Crippen LogP contribution >= 0.6 is 0 Å². The Balaban J connectivity index is 1.60. The van der Waals surface area contributed by atoms with Crippen molar-refractivity contribution in [3.63, 3.8) is 0 Å². The number of aromatic nitrogens is 3. The standard InChI is InChI=1S/C16H14N4O2/c21-16(15-13-4-2-1-3-11(13)7-8-22-15)18-12-5-6-14-19-17-10-20(14)9-12/h1-6,9-10,15H,7-8H2,(H,18,21). The van der Waals surface area contributed by atoms with Crippen LogP contribution in [0.25, 0.3) is 5.65 Å². The van der Waals surface area contributed by atoms with Gasteiger partial charge < -0.3 is 10.1 Å². The number of amides is 1. The van der Waals surface area contributed by atoms with Gasteiger partial charge in [-0.15, -0.1) is 10.2 Å². The molecule has 0 saturated carbocycles. The van der Waals surface area contributed by atoms with Gasteiger partial charge in [-0.2, -0.15) is 0 Å². The van der Waals surface area contributed by atoms with Crippen LogP contribution in [0.5, 0.6) is 0 Å². The molecule has 110 valence electrons. The van der Waals surface area contributed by atoms with Crippen molar-refractivity contribution in [1.29, 1.82) is 0 Å². The molecular formula is C16H14N4O2. The second kappa shape index (κ2) is 5.23. The van der Waals surface area contributed by atoms with Gasteiger partial charge in [-0.3, -0.25) is 9.20 Å². The predicted octanol–water partition coefficient (Wildman–Crippen LogP) is 1.98. The highest BCUT2D eigenvalue weighted by Gasteiger charge is 2.27. The molecule has 0 fully saturated rings. The summed E-state index contributed by atoms with van der Waals surface area (Å²) in [6.45, 7) is 0.555. The minimum atomic E-state index is -0.568. The van der Waals surface area contributed by atoms with E-state index in [-0.39, 0.29) is 5.91 Å². The molecule has 1 amide bonds. The number of hydrogen-bond acceptors (Lipinski definition) is 4. The van der Waals surface area contributed by atoms with Gasteiger partial charge in [0.25, 0.3) is 5.91 Å². The summed E-state index contributed by atoms with van der Waals surface area (Å²) < 4.78 is 7.42. The zero-order valence-corrected chi connectivity index (χ0v) is 11.8. The van der Waals surface area contributed by atoms with E-state index in [9.17, 15) is 4.79 Å². The summed E-state index contributed by atoms with van der Waals surface area (Å²) in [6, 6.07) is 11.5. The zero-order chi connectivity index (χ0) is 14.9. The van der Waals surface area contributed by atoms with E-state index >= 15 is 0 Å². The summed E-state index contributed by atoms with van der Waals surface area (Å²) in [5, 5.41) is 10.6. The largest absolute Gasteiger partial charge is 0.363 e. The van der Waals surface area contributed by atoms with Gasteiger partial charge in [0.05, 0.1) is 12.3 Å². The highest BCUT2D eigenvalue weighted by Crippen LogP contribution is 2.28. The second-order valence-electron chi connectivity index (χ2n) is 5.20.